The van der Waals surface area contributed by atoms with Crippen LogP contribution in [0.1, 0.15) is 50.9 Å². The van der Waals surface area contributed by atoms with Crippen LogP contribution in [-0.2, 0) is 11.2 Å². The van der Waals surface area contributed by atoms with E-state index in [-0.39, 0.29) is 6.10 Å². The van der Waals surface area contributed by atoms with Crippen LogP contribution in [0.4, 0.5) is 0 Å². The van der Waals surface area contributed by atoms with Crippen molar-refractivity contribution in [1.82, 2.24) is 15.5 Å². The predicted molar refractivity (Wildman–Crippen MR) is 68.2 cm³/mol. The van der Waals surface area contributed by atoms with Crippen LogP contribution in [0.5, 0.6) is 0 Å². The van der Waals surface area contributed by atoms with Crippen LogP contribution in [0, 0.1) is 5.92 Å². The Morgan fingerprint density at radius 3 is 2.78 bits per heavy atom. The van der Waals surface area contributed by atoms with Gasteiger partial charge in [0.15, 0.2) is 0 Å². The Morgan fingerprint density at radius 2 is 2.22 bits per heavy atom. The van der Waals surface area contributed by atoms with Crippen LogP contribution in [0.2, 0.25) is 0 Å². The highest BCUT2D eigenvalue weighted by atomic mass is 16.5. The summed E-state index contributed by atoms with van der Waals surface area (Å²) in [7, 11) is 1.96. The van der Waals surface area contributed by atoms with E-state index in [9.17, 15) is 0 Å². The van der Waals surface area contributed by atoms with E-state index in [2.05, 4.69) is 22.4 Å². The van der Waals surface area contributed by atoms with Crippen LogP contribution in [0.3, 0.4) is 0 Å². The summed E-state index contributed by atoms with van der Waals surface area (Å²) in [4.78, 5) is 4.48. The Kier molecular flexibility index (Phi) is 4.72. The van der Waals surface area contributed by atoms with Crippen molar-refractivity contribution < 1.29 is 9.26 Å². The van der Waals surface area contributed by atoms with Crippen LogP contribution >= 0.6 is 0 Å². The highest BCUT2D eigenvalue weighted by molar-refractivity contribution is 4.99. The molecule has 5 nitrogen and oxygen atoms in total. The lowest BCUT2D eigenvalue weighted by Crippen LogP contribution is -2.26. The molecule has 0 aliphatic heterocycles. The first-order valence-corrected chi connectivity index (χ1v) is 6.89. The smallest absolute Gasteiger partial charge is 0.228 e. The minimum absolute atomic E-state index is 0.0298. The van der Waals surface area contributed by atoms with Gasteiger partial charge < -0.3 is 14.6 Å². The lowest BCUT2D eigenvalue weighted by atomic mass is 10.1. The SMILES string of the molecule is CCOC(c1noc(CC(CC)NC)n1)C1CC1. The molecule has 1 aromatic heterocycles. The second-order valence-electron chi connectivity index (χ2n) is 4.86. The van der Waals surface area contributed by atoms with E-state index < -0.39 is 0 Å². The second kappa shape index (κ2) is 6.29. The molecule has 0 amide bonds. The van der Waals surface area contributed by atoms with E-state index in [4.69, 9.17) is 9.26 Å². The Balaban J connectivity index is 1.99. The second-order valence-corrected chi connectivity index (χ2v) is 4.86. The molecule has 0 aromatic carbocycles. The van der Waals surface area contributed by atoms with Crippen LogP contribution < -0.4 is 5.32 Å². The van der Waals surface area contributed by atoms with Gasteiger partial charge >= 0.3 is 0 Å². The fourth-order valence-corrected chi connectivity index (χ4v) is 2.13. The van der Waals surface area contributed by atoms with E-state index in [1.807, 2.05) is 14.0 Å². The largest absolute Gasteiger partial charge is 0.370 e. The fourth-order valence-electron chi connectivity index (χ4n) is 2.13. The lowest BCUT2D eigenvalue weighted by molar-refractivity contribution is 0.0384. The quantitative estimate of drug-likeness (QED) is 0.768. The molecule has 0 bridgehead atoms. The third kappa shape index (κ3) is 3.29. The molecule has 1 fully saturated rings. The maximum absolute atomic E-state index is 5.72. The fraction of sp³-hybridized carbons (Fsp3) is 0.846. The molecule has 18 heavy (non-hydrogen) atoms. The predicted octanol–water partition coefficient (Wildman–Crippen LogP) is 2.10. The molecule has 0 spiro atoms. The van der Waals surface area contributed by atoms with Gasteiger partial charge in [-0.05, 0) is 39.2 Å². The van der Waals surface area contributed by atoms with Crippen molar-refractivity contribution in [2.75, 3.05) is 13.7 Å². The third-order valence-electron chi connectivity index (χ3n) is 3.46. The standard InChI is InChI=1S/C13H23N3O2/c1-4-10(14-3)8-11-15-13(16-18-11)12(17-5-2)9-6-7-9/h9-10,12,14H,4-8H2,1-3H3. The summed E-state index contributed by atoms with van der Waals surface area (Å²) in [6.07, 6.45) is 4.28. The molecule has 1 aliphatic carbocycles. The highest BCUT2D eigenvalue weighted by Gasteiger charge is 2.36. The Labute approximate surface area is 108 Å². The summed E-state index contributed by atoms with van der Waals surface area (Å²) < 4.78 is 11.0. The van der Waals surface area contributed by atoms with Gasteiger partial charge in [-0.15, -0.1) is 0 Å². The molecule has 1 N–H and O–H groups in total. The molecule has 1 saturated carbocycles. The van der Waals surface area contributed by atoms with Gasteiger partial charge in [0.2, 0.25) is 11.7 Å². The molecule has 102 valence electrons. The first-order valence-electron chi connectivity index (χ1n) is 6.89. The number of nitrogens with zero attached hydrogens (tertiary/aromatic N) is 2. The van der Waals surface area contributed by atoms with Gasteiger partial charge in [-0.1, -0.05) is 12.1 Å². The zero-order valence-corrected chi connectivity index (χ0v) is 11.5. The minimum atomic E-state index is 0.0298. The number of ether oxygens (including phenoxy) is 1. The number of nitrogens with one attached hydrogen (secondary N) is 1. The Hall–Kier alpha value is -0.940. The van der Waals surface area contributed by atoms with Crippen molar-refractivity contribution in [3.63, 3.8) is 0 Å². The van der Waals surface area contributed by atoms with E-state index in [1.54, 1.807) is 0 Å². The van der Waals surface area contributed by atoms with E-state index in [0.717, 1.165) is 18.7 Å². The first kappa shape index (κ1) is 13.5. The van der Waals surface area contributed by atoms with Crippen molar-refractivity contribution in [1.29, 1.82) is 0 Å². The maximum Gasteiger partial charge on any atom is 0.228 e. The number of aromatic nitrogens is 2. The Morgan fingerprint density at radius 1 is 1.44 bits per heavy atom. The molecule has 0 radical (unpaired) electrons. The van der Waals surface area contributed by atoms with Gasteiger partial charge in [-0.25, -0.2) is 0 Å². The van der Waals surface area contributed by atoms with Gasteiger partial charge in [0.05, 0.1) is 0 Å². The van der Waals surface area contributed by atoms with E-state index >= 15 is 0 Å². The molecule has 1 heterocycles. The number of likely N-dealkylation sites (N-methyl/N-ethyl adjacent to an activating group) is 1. The summed E-state index contributed by atoms with van der Waals surface area (Å²) in [6.45, 7) is 4.84. The monoisotopic (exact) mass is 253 g/mol. The van der Waals surface area contributed by atoms with Gasteiger partial charge in [-0.2, -0.15) is 4.98 Å². The average Bonchev–Trinajstić information content (AvgIpc) is 3.12. The zero-order valence-electron chi connectivity index (χ0n) is 11.5. The molecule has 2 unspecified atom stereocenters. The zero-order chi connectivity index (χ0) is 13.0. The molecule has 1 aliphatic rings. The van der Waals surface area contributed by atoms with Gasteiger partial charge in [0, 0.05) is 19.1 Å². The number of hydrogen-bond donors (Lipinski definition) is 1. The Bertz CT molecular complexity index is 359. The summed E-state index contributed by atoms with van der Waals surface area (Å²) in [5, 5.41) is 7.32. The normalized spacial score (nSPS) is 18.8. The summed E-state index contributed by atoms with van der Waals surface area (Å²) in [5.41, 5.74) is 0. The van der Waals surface area contributed by atoms with Crippen molar-refractivity contribution in [2.45, 2.75) is 51.7 Å². The molecule has 0 saturated heterocycles. The van der Waals surface area contributed by atoms with Crippen molar-refractivity contribution in [3.8, 4) is 0 Å². The van der Waals surface area contributed by atoms with E-state index in [1.165, 1.54) is 12.8 Å². The topological polar surface area (TPSA) is 60.2 Å². The third-order valence-corrected chi connectivity index (χ3v) is 3.46. The van der Waals surface area contributed by atoms with Crippen LogP contribution in [-0.4, -0.2) is 29.8 Å². The number of rotatable bonds is 8. The summed E-state index contributed by atoms with van der Waals surface area (Å²) in [5.74, 6) is 2.01. The summed E-state index contributed by atoms with van der Waals surface area (Å²) in [6, 6.07) is 0.393. The molecule has 2 rings (SSSR count). The molecule has 1 aromatic rings. The van der Waals surface area contributed by atoms with Crippen molar-refractivity contribution >= 4 is 0 Å². The number of hydrogen-bond acceptors (Lipinski definition) is 5. The molecular weight excluding hydrogens is 230 g/mol. The van der Waals surface area contributed by atoms with Crippen molar-refractivity contribution in [3.05, 3.63) is 11.7 Å². The van der Waals surface area contributed by atoms with Crippen LogP contribution in [0.15, 0.2) is 4.52 Å². The maximum atomic E-state index is 5.72. The van der Waals surface area contributed by atoms with Gasteiger partial charge in [0.1, 0.15) is 6.10 Å². The van der Waals surface area contributed by atoms with Crippen molar-refractivity contribution in [2.24, 2.45) is 5.92 Å². The summed E-state index contributed by atoms with van der Waals surface area (Å²) >= 11 is 0. The van der Waals surface area contributed by atoms with Crippen LogP contribution in [0.25, 0.3) is 0 Å². The first-order chi connectivity index (χ1) is 8.78. The average molecular weight is 253 g/mol. The minimum Gasteiger partial charge on any atom is -0.370 e. The highest BCUT2D eigenvalue weighted by Crippen LogP contribution is 2.42. The van der Waals surface area contributed by atoms with Gasteiger partial charge in [0.25, 0.3) is 0 Å². The van der Waals surface area contributed by atoms with Gasteiger partial charge in [-0.3, -0.25) is 0 Å². The molecular formula is C13H23N3O2. The molecule has 5 heteroatoms. The molecule has 2 atom stereocenters. The lowest BCUT2D eigenvalue weighted by Gasteiger charge is -2.11. The van der Waals surface area contributed by atoms with E-state index in [0.29, 0.717) is 24.5 Å².